The number of nitrogens with zero attached hydrogens (tertiary/aromatic N) is 2. The number of methoxy groups -OCH3 is 2. The van der Waals surface area contributed by atoms with Crippen molar-refractivity contribution in [2.75, 3.05) is 31.6 Å². The van der Waals surface area contributed by atoms with Crippen LogP contribution < -0.4 is 19.1 Å². The van der Waals surface area contributed by atoms with E-state index in [0.717, 1.165) is 28.3 Å². The molecule has 0 unspecified atom stereocenters. The molecule has 0 spiro atoms. The number of ether oxygens (including phenoxy) is 2. The summed E-state index contributed by atoms with van der Waals surface area (Å²) in [5, 5.41) is 3.00. The molecule has 10 heteroatoms. The Morgan fingerprint density at radius 2 is 1.41 bits per heavy atom. The quantitative estimate of drug-likeness (QED) is 0.163. The molecule has 0 aliphatic rings. The molecule has 0 aliphatic heterocycles. The number of anilines is 1. The third-order valence-electron chi connectivity index (χ3n) is 7.56. The highest BCUT2D eigenvalue weighted by molar-refractivity contribution is 7.92. The van der Waals surface area contributed by atoms with E-state index in [1.807, 2.05) is 49.4 Å². The summed E-state index contributed by atoms with van der Waals surface area (Å²) in [6.45, 7) is 2.01. The van der Waals surface area contributed by atoms with Gasteiger partial charge in [0.05, 0.1) is 24.8 Å². The van der Waals surface area contributed by atoms with E-state index in [-0.39, 0.29) is 29.5 Å². The van der Waals surface area contributed by atoms with Gasteiger partial charge >= 0.3 is 0 Å². The Morgan fingerprint density at radius 1 is 0.783 bits per heavy atom. The molecule has 1 N–H and O–H groups in total. The SMILES string of the molecule is CCCCNC(=O)[C@H](Cc1ccccc1)N(Cc1cccc(OC)c1)C(=O)CN(c1ccc(OC)cc1)S(=O)(=O)c1ccccc1. The molecule has 2 amide bonds. The Morgan fingerprint density at radius 3 is 2.04 bits per heavy atom. The number of sulfonamides is 1. The Hall–Kier alpha value is -4.83. The molecule has 0 fully saturated rings. The molecule has 4 aromatic rings. The number of rotatable bonds is 16. The summed E-state index contributed by atoms with van der Waals surface area (Å²) in [5.74, 6) is 0.294. The maximum Gasteiger partial charge on any atom is 0.264 e. The van der Waals surface area contributed by atoms with Crippen LogP contribution in [0, 0.1) is 0 Å². The first-order chi connectivity index (χ1) is 22.3. The second-order valence-corrected chi connectivity index (χ2v) is 12.6. The summed E-state index contributed by atoms with van der Waals surface area (Å²) in [7, 11) is -1.11. The number of benzene rings is 4. The first kappa shape index (κ1) is 34.1. The minimum Gasteiger partial charge on any atom is -0.497 e. The lowest BCUT2D eigenvalue weighted by molar-refractivity contribution is -0.140. The molecule has 0 saturated heterocycles. The number of unbranched alkanes of at least 4 members (excludes halogenated alkanes) is 1. The molecule has 0 aromatic heterocycles. The third-order valence-corrected chi connectivity index (χ3v) is 9.35. The lowest BCUT2D eigenvalue weighted by Gasteiger charge is -2.34. The molecule has 0 aliphatic carbocycles. The van der Waals surface area contributed by atoms with Gasteiger partial charge in [0.25, 0.3) is 10.0 Å². The summed E-state index contributed by atoms with van der Waals surface area (Å²) in [6.07, 6.45) is 1.92. The van der Waals surface area contributed by atoms with Gasteiger partial charge in [-0.15, -0.1) is 0 Å². The second-order valence-electron chi connectivity index (χ2n) is 10.7. The van der Waals surface area contributed by atoms with Crippen molar-refractivity contribution in [3.05, 3.63) is 120 Å². The monoisotopic (exact) mass is 643 g/mol. The van der Waals surface area contributed by atoms with Crippen LogP contribution >= 0.6 is 0 Å². The molecular formula is C36H41N3O6S. The highest BCUT2D eigenvalue weighted by Crippen LogP contribution is 2.27. The topological polar surface area (TPSA) is 105 Å². The van der Waals surface area contributed by atoms with Crippen LogP contribution in [0.5, 0.6) is 11.5 Å². The van der Waals surface area contributed by atoms with Gasteiger partial charge < -0.3 is 19.7 Å². The minimum atomic E-state index is -4.18. The largest absolute Gasteiger partial charge is 0.497 e. The standard InChI is InChI=1S/C36H41N3O6S/c1-4-5-23-37-36(41)34(25-28-13-8-6-9-14-28)38(26-29-15-12-16-32(24-29)45-3)35(40)27-39(30-19-21-31(44-2)22-20-30)46(42,43)33-17-10-7-11-18-33/h6-22,24,34H,4-5,23,25-27H2,1-3H3,(H,37,41)/t34-/m0/s1. The van der Waals surface area contributed by atoms with E-state index in [9.17, 15) is 18.0 Å². The number of hydrogen-bond acceptors (Lipinski definition) is 6. The molecule has 242 valence electrons. The van der Waals surface area contributed by atoms with E-state index < -0.39 is 28.5 Å². The Bertz CT molecular complexity index is 1670. The van der Waals surface area contributed by atoms with Crippen LogP contribution in [-0.2, 0) is 32.6 Å². The molecular weight excluding hydrogens is 602 g/mol. The van der Waals surface area contributed by atoms with Gasteiger partial charge in [-0.1, -0.05) is 74.0 Å². The van der Waals surface area contributed by atoms with Gasteiger partial charge in [0.2, 0.25) is 11.8 Å². The Kier molecular flexibility index (Phi) is 12.2. The predicted octanol–water partition coefficient (Wildman–Crippen LogP) is 5.46. The van der Waals surface area contributed by atoms with Gasteiger partial charge in [0.1, 0.15) is 24.1 Å². The predicted molar refractivity (Wildman–Crippen MR) is 179 cm³/mol. The zero-order valence-electron chi connectivity index (χ0n) is 26.5. The summed E-state index contributed by atoms with van der Waals surface area (Å²) in [5.41, 5.74) is 1.88. The molecule has 9 nitrogen and oxygen atoms in total. The first-order valence-electron chi connectivity index (χ1n) is 15.2. The second kappa shape index (κ2) is 16.5. The fourth-order valence-electron chi connectivity index (χ4n) is 5.02. The van der Waals surface area contributed by atoms with Crippen LogP contribution in [0.25, 0.3) is 0 Å². The van der Waals surface area contributed by atoms with Crippen LogP contribution in [0.3, 0.4) is 0 Å². The van der Waals surface area contributed by atoms with Crippen molar-refractivity contribution < 1.29 is 27.5 Å². The number of amides is 2. The number of carbonyl (C=O) groups is 2. The third kappa shape index (κ3) is 8.88. The van der Waals surface area contributed by atoms with Crippen molar-refractivity contribution in [2.24, 2.45) is 0 Å². The van der Waals surface area contributed by atoms with Gasteiger partial charge in [-0.05, 0) is 66.1 Å². The maximum atomic E-state index is 14.5. The van der Waals surface area contributed by atoms with Crippen molar-refractivity contribution in [1.82, 2.24) is 10.2 Å². The number of nitrogens with one attached hydrogen (secondary N) is 1. The smallest absolute Gasteiger partial charge is 0.264 e. The average molecular weight is 644 g/mol. The van der Waals surface area contributed by atoms with E-state index in [2.05, 4.69) is 5.32 Å². The van der Waals surface area contributed by atoms with Crippen molar-refractivity contribution in [1.29, 1.82) is 0 Å². The van der Waals surface area contributed by atoms with Crippen molar-refractivity contribution in [2.45, 2.75) is 43.7 Å². The number of hydrogen-bond donors (Lipinski definition) is 1. The summed E-state index contributed by atoms with van der Waals surface area (Å²) < 4.78 is 40.0. The zero-order valence-corrected chi connectivity index (χ0v) is 27.3. The lowest BCUT2D eigenvalue weighted by atomic mass is 10.0. The molecule has 0 bridgehead atoms. The molecule has 0 radical (unpaired) electrons. The Labute approximate surface area is 271 Å². The van der Waals surface area contributed by atoms with E-state index in [1.165, 1.54) is 24.1 Å². The summed E-state index contributed by atoms with van der Waals surface area (Å²) in [6, 6.07) is 30.2. The van der Waals surface area contributed by atoms with Crippen LogP contribution in [-0.4, -0.2) is 58.5 Å². The van der Waals surface area contributed by atoms with Crippen molar-refractivity contribution in [3.8, 4) is 11.5 Å². The molecule has 4 rings (SSSR count). The normalized spacial score (nSPS) is 11.7. The van der Waals surface area contributed by atoms with Gasteiger partial charge in [-0.3, -0.25) is 13.9 Å². The zero-order chi connectivity index (χ0) is 32.9. The number of carbonyl (C=O) groups excluding carboxylic acids is 2. The maximum absolute atomic E-state index is 14.5. The fourth-order valence-corrected chi connectivity index (χ4v) is 6.46. The van der Waals surface area contributed by atoms with Gasteiger partial charge in [0.15, 0.2) is 0 Å². The minimum absolute atomic E-state index is 0.0381. The van der Waals surface area contributed by atoms with Crippen LogP contribution in [0.15, 0.2) is 114 Å². The van der Waals surface area contributed by atoms with Gasteiger partial charge in [-0.2, -0.15) is 0 Å². The highest BCUT2D eigenvalue weighted by Gasteiger charge is 2.34. The van der Waals surface area contributed by atoms with E-state index in [4.69, 9.17) is 9.47 Å². The molecule has 0 heterocycles. The van der Waals surface area contributed by atoms with E-state index in [0.29, 0.717) is 18.0 Å². The molecule has 4 aromatic carbocycles. The molecule has 1 atom stereocenters. The van der Waals surface area contributed by atoms with Crippen LogP contribution in [0.1, 0.15) is 30.9 Å². The van der Waals surface area contributed by atoms with Crippen LogP contribution in [0.4, 0.5) is 5.69 Å². The van der Waals surface area contributed by atoms with Gasteiger partial charge in [0, 0.05) is 19.5 Å². The van der Waals surface area contributed by atoms with Crippen molar-refractivity contribution >= 4 is 27.5 Å². The first-order valence-corrected chi connectivity index (χ1v) is 16.7. The van der Waals surface area contributed by atoms with Crippen LogP contribution in [0.2, 0.25) is 0 Å². The van der Waals surface area contributed by atoms with Crippen molar-refractivity contribution in [3.63, 3.8) is 0 Å². The summed E-state index contributed by atoms with van der Waals surface area (Å²) in [4.78, 5) is 29.9. The van der Waals surface area contributed by atoms with E-state index in [1.54, 1.807) is 61.7 Å². The van der Waals surface area contributed by atoms with E-state index >= 15 is 0 Å². The fraction of sp³-hybridized carbons (Fsp3) is 0.278. The average Bonchev–Trinajstić information content (AvgIpc) is 3.09. The lowest BCUT2D eigenvalue weighted by Crippen LogP contribution is -2.53. The highest BCUT2D eigenvalue weighted by atomic mass is 32.2. The Balaban J connectivity index is 1.79. The summed E-state index contributed by atoms with van der Waals surface area (Å²) >= 11 is 0. The molecule has 46 heavy (non-hydrogen) atoms. The van der Waals surface area contributed by atoms with Gasteiger partial charge in [-0.25, -0.2) is 8.42 Å². The molecule has 0 saturated carbocycles.